The Bertz CT molecular complexity index is 322. The van der Waals surface area contributed by atoms with Crippen molar-refractivity contribution in [2.24, 2.45) is 0 Å². The van der Waals surface area contributed by atoms with Gasteiger partial charge in [0.1, 0.15) is 0 Å². The Hall–Kier alpha value is -0.900. The van der Waals surface area contributed by atoms with Crippen LogP contribution in [-0.4, -0.2) is 30.0 Å². The zero-order chi connectivity index (χ0) is 12.1. The lowest BCUT2D eigenvalue weighted by atomic mass is 9.92. The van der Waals surface area contributed by atoms with Gasteiger partial charge >= 0.3 is 0 Å². The zero-order valence-corrected chi connectivity index (χ0v) is 10.3. The molecule has 0 amide bonds. The number of aliphatic hydroxyl groups is 1. The zero-order valence-electron chi connectivity index (χ0n) is 10.3. The number of ether oxygens (including phenoxy) is 1. The Labute approximate surface area is 103 Å². The van der Waals surface area contributed by atoms with Crippen LogP contribution in [0.5, 0.6) is 0 Å². The van der Waals surface area contributed by atoms with Crippen LogP contribution in [0.25, 0.3) is 0 Å². The quantitative estimate of drug-likeness (QED) is 0.788. The molecule has 0 aliphatic heterocycles. The van der Waals surface area contributed by atoms with E-state index in [0.29, 0.717) is 12.6 Å². The number of nitrogens with one attached hydrogen (secondary N) is 1. The average Bonchev–Trinajstić information content (AvgIpc) is 2.32. The highest BCUT2D eigenvalue weighted by Crippen LogP contribution is 2.22. The van der Waals surface area contributed by atoms with Crippen LogP contribution in [0.2, 0.25) is 0 Å². The second kappa shape index (κ2) is 6.15. The van der Waals surface area contributed by atoms with Crippen molar-refractivity contribution in [2.75, 3.05) is 6.61 Å². The molecule has 1 aromatic rings. The summed E-state index contributed by atoms with van der Waals surface area (Å²) in [7, 11) is 0. The van der Waals surface area contributed by atoms with Crippen LogP contribution in [-0.2, 0) is 11.3 Å². The normalized spacial score (nSPS) is 25.3. The molecule has 3 nitrogen and oxygen atoms in total. The highest BCUT2D eigenvalue weighted by molar-refractivity contribution is 5.14. The fraction of sp³-hybridized carbons (Fsp3) is 0.571. The molecular weight excluding hydrogens is 214 g/mol. The van der Waals surface area contributed by atoms with Crippen molar-refractivity contribution >= 4 is 0 Å². The van der Waals surface area contributed by atoms with Gasteiger partial charge < -0.3 is 15.2 Å². The Balaban J connectivity index is 1.59. The summed E-state index contributed by atoms with van der Waals surface area (Å²) in [6.07, 6.45) is 1.73. The summed E-state index contributed by atoms with van der Waals surface area (Å²) in [6.45, 7) is 3.71. The molecule has 0 heterocycles. The number of aliphatic hydroxyl groups excluding tert-OH is 1. The van der Waals surface area contributed by atoms with E-state index in [1.807, 2.05) is 18.2 Å². The van der Waals surface area contributed by atoms with E-state index in [1.165, 1.54) is 5.56 Å². The minimum absolute atomic E-state index is 0.132. The third-order valence-electron chi connectivity index (χ3n) is 3.15. The van der Waals surface area contributed by atoms with Crippen LogP contribution in [0.1, 0.15) is 25.3 Å². The van der Waals surface area contributed by atoms with E-state index in [0.717, 1.165) is 19.4 Å². The van der Waals surface area contributed by atoms with E-state index < -0.39 is 0 Å². The molecule has 1 aliphatic carbocycles. The smallest absolute Gasteiger partial charge is 0.0625 e. The highest BCUT2D eigenvalue weighted by atomic mass is 16.5. The molecule has 0 bridgehead atoms. The molecule has 1 fully saturated rings. The van der Waals surface area contributed by atoms with Crippen LogP contribution in [0.15, 0.2) is 30.3 Å². The first-order valence-corrected chi connectivity index (χ1v) is 6.31. The molecule has 0 unspecified atom stereocenters. The number of hydrogen-bond acceptors (Lipinski definition) is 3. The molecule has 0 spiro atoms. The van der Waals surface area contributed by atoms with Crippen LogP contribution in [0, 0.1) is 0 Å². The molecule has 0 saturated heterocycles. The fourth-order valence-corrected chi connectivity index (χ4v) is 1.90. The number of hydrogen-bond donors (Lipinski definition) is 2. The maximum atomic E-state index is 9.14. The van der Waals surface area contributed by atoms with Crippen LogP contribution < -0.4 is 5.32 Å². The molecule has 0 radical (unpaired) electrons. The van der Waals surface area contributed by atoms with E-state index in [-0.39, 0.29) is 12.2 Å². The SMILES string of the molecule is C[C@@H](COC1CC(O)C1)NCc1ccccc1. The van der Waals surface area contributed by atoms with Crippen LogP contribution >= 0.6 is 0 Å². The summed E-state index contributed by atoms with van der Waals surface area (Å²) < 4.78 is 5.68. The molecule has 2 N–H and O–H groups in total. The monoisotopic (exact) mass is 235 g/mol. The van der Waals surface area contributed by atoms with Gasteiger partial charge in [-0.05, 0) is 25.3 Å². The lowest BCUT2D eigenvalue weighted by Crippen LogP contribution is -2.39. The summed E-state index contributed by atoms with van der Waals surface area (Å²) in [6, 6.07) is 10.7. The standard InChI is InChI=1S/C14H21NO2/c1-11(10-17-14-7-13(16)8-14)15-9-12-5-3-2-4-6-12/h2-6,11,13-16H,7-10H2,1H3/t11-,13?,14?/m0/s1. The maximum Gasteiger partial charge on any atom is 0.0625 e. The molecule has 3 heteroatoms. The molecule has 0 aromatic heterocycles. The lowest BCUT2D eigenvalue weighted by molar-refractivity contribution is -0.0750. The molecule has 1 aliphatic rings. The molecule has 94 valence electrons. The minimum Gasteiger partial charge on any atom is -0.393 e. The van der Waals surface area contributed by atoms with Gasteiger partial charge in [0.15, 0.2) is 0 Å². The first-order valence-electron chi connectivity index (χ1n) is 6.31. The summed E-state index contributed by atoms with van der Waals surface area (Å²) in [5.41, 5.74) is 1.29. The first kappa shape index (κ1) is 12.6. The van der Waals surface area contributed by atoms with Gasteiger partial charge in [0.2, 0.25) is 0 Å². The molecule has 17 heavy (non-hydrogen) atoms. The van der Waals surface area contributed by atoms with Gasteiger partial charge in [-0.15, -0.1) is 0 Å². The predicted octanol–water partition coefficient (Wildman–Crippen LogP) is 1.70. The van der Waals surface area contributed by atoms with Gasteiger partial charge in [0, 0.05) is 12.6 Å². The average molecular weight is 235 g/mol. The Morgan fingerprint density at radius 2 is 2.06 bits per heavy atom. The van der Waals surface area contributed by atoms with Crippen molar-refractivity contribution < 1.29 is 9.84 Å². The Kier molecular flexibility index (Phi) is 4.54. The van der Waals surface area contributed by atoms with Gasteiger partial charge in [-0.1, -0.05) is 30.3 Å². The van der Waals surface area contributed by atoms with E-state index in [9.17, 15) is 0 Å². The van der Waals surface area contributed by atoms with Gasteiger partial charge in [0.05, 0.1) is 18.8 Å². The van der Waals surface area contributed by atoms with E-state index in [4.69, 9.17) is 9.84 Å². The molecule has 1 aromatic carbocycles. The highest BCUT2D eigenvalue weighted by Gasteiger charge is 2.27. The van der Waals surface area contributed by atoms with Crippen molar-refractivity contribution in [1.29, 1.82) is 0 Å². The lowest BCUT2D eigenvalue weighted by Gasteiger charge is -2.32. The second-order valence-electron chi connectivity index (χ2n) is 4.85. The largest absolute Gasteiger partial charge is 0.393 e. The van der Waals surface area contributed by atoms with Gasteiger partial charge in [-0.2, -0.15) is 0 Å². The third-order valence-corrected chi connectivity index (χ3v) is 3.15. The van der Waals surface area contributed by atoms with E-state index in [1.54, 1.807) is 0 Å². The van der Waals surface area contributed by atoms with Crippen molar-refractivity contribution in [1.82, 2.24) is 5.32 Å². The molecular formula is C14H21NO2. The third kappa shape index (κ3) is 4.11. The van der Waals surface area contributed by atoms with Gasteiger partial charge in [-0.25, -0.2) is 0 Å². The predicted molar refractivity (Wildman–Crippen MR) is 67.7 cm³/mol. The van der Waals surface area contributed by atoms with Gasteiger partial charge in [0.25, 0.3) is 0 Å². The van der Waals surface area contributed by atoms with Crippen molar-refractivity contribution in [3.8, 4) is 0 Å². The molecule has 1 atom stereocenters. The second-order valence-corrected chi connectivity index (χ2v) is 4.85. The molecule has 1 saturated carbocycles. The number of rotatable bonds is 6. The topological polar surface area (TPSA) is 41.5 Å². The maximum absolute atomic E-state index is 9.14. The first-order chi connectivity index (χ1) is 8.24. The Morgan fingerprint density at radius 1 is 1.35 bits per heavy atom. The van der Waals surface area contributed by atoms with Crippen molar-refractivity contribution in [2.45, 2.75) is 44.6 Å². The summed E-state index contributed by atoms with van der Waals surface area (Å²) in [5, 5.41) is 12.6. The van der Waals surface area contributed by atoms with E-state index in [2.05, 4.69) is 24.4 Å². The van der Waals surface area contributed by atoms with E-state index >= 15 is 0 Å². The van der Waals surface area contributed by atoms with Crippen LogP contribution in [0.3, 0.4) is 0 Å². The number of benzene rings is 1. The molecule has 2 rings (SSSR count). The Morgan fingerprint density at radius 3 is 2.71 bits per heavy atom. The van der Waals surface area contributed by atoms with Crippen LogP contribution in [0.4, 0.5) is 0 Å². The van der Waals surface area contributed by atoms with Crippen molar-refractivity contribution in [3.05, 3.63) is 35.9 Å². The minimum atomic E-state index is -0.132. The summed E-state index contributed by atoms with van der Waals surface area (Å²) >= 11 is 0. The summed E-state index contributed by atoms with van der Waals surface area (Å²) in [4.78, 5) is 0. The van der Waals surface area contributed by atoms with Crippen molar-refractivity contribution in [3.63, 3.8) is 0 Å². The fourth-order valence-electron chi connectivity index (χ4n) is 1.90. The summed E-state index contributed by atoms with van der Waals surface area (Å²) in [5.74, 6) is 0. The van der Waals surface area contributed by atoms with Gasteiger partial charge in [-0.3, -0.25) is 0 Å².